The quantitative estimate of drug-likeness (QED) is 0.572. The second-order valence-electron chi connectivity index (χ2n) is 5.52. The van der Waals surface area contributed by atoms with Gasteiger partial charge in [0.25, 0.3) is 0 Å². The minimum Gasteiger partial charge on any atom is -0.459 e. The Balaban J connectivity index is 1.57. The van der Waals surface area contributed by atoms with Gasteiger partial charge in [0.05, 0.1) is 6.54 Å². The number of aliphatic imine (C=N–C) groups is 1. The van der Waals surface area contributed by atoms with Crippen LogP contribution in [0.4, 0.5) is 0 Å². The largest absolute Gasteiger partial charge is 0.459 e. The van der Waals surface area contributed by atoms with Gasteiger partial charge in [0.2, 0.25) is 0 Å². The molecule has 0 unspecified atom stereocenters. The highest BCUT2D eigenvalue weighted by atomic mass is 16.3. The van der Waals surface area contributed by atoms with Gasteiger partial charge in [-0.2, -0.15) is 0 Å². The van der Waals surface area contributed by atoms with E-state index in [-0.39, 0.29) is 0 Å². The minimum atomic E-state index is 0.599. The summed E-state index contributed by atoms with van der Waals surface area (Å²) in [4.78, 5) is 4.25. The molecule has 0 bridgehead atoms. The molecule has 0 aliphatic heterocycles. The van der Waals surface area contributed by atoms with E-state index in [1.807, 2.05) is 24.3 Å². The number of guanidine groups is 1. The molecule has 0 aliphatic carbocycles. The summed E-state index contributed by atoms with van der Waals surface area (Å²) < 4.78 is 5.80. The third-order valence-corrected chi connectivity index (χ3v) is 3.67. The maximum atomic E-state index is 5.80. The highest BCUT2D eigenvalue weighted by Crippen LogP contribution is 2.18. The van der Waals surface area contributed by atoms with Gasteiger partial charge < -0.3 is 15.1 Å². The smallest absolute Gasteiger partial charge is 0.191 e. The Morgan fingerprint density at radius 3 is 2.61 bits per heavy atom. The van der Waals surface area contributed by atoms with Crippen LogP contribution in [0.2, 0.25) is 0 Å². The van der Waals surface area contributed by atoms with Crippen molar-refractivity contribution in [3.05, 3.63) is 71.5 Å². The van der Waals surface area contributed by atoms with Crippen molar-refractivity contribution in [1.82, 2.24) is 10.6 Å². The van der Waals surface area contributed by atoms with Crippen molar-refractivity contribution in [1.29, 1.82) is 0 Å². The average molecular weight is 307 g/mol. The van der Waals surface area contributed by atoms with E-state index in [4.69, 9.17) is 4.42 Å². The maximum absolute atomic E-state index is 5.80. The second kappa shape index (κ2) is 7.01. The SMILES string of the molecule is CN=C(NCc1cccc(C)c1)NCc1cc2ccccc2o1. The molecule has 0 amide bonds. The molecule has 118 valence electrons. The van der Waals surface area contributed by atoms with Crippen molar-refractivity contribution in [2.24, 2.45) is 4.99 Å². The van der Waals surface area contributed by atoms with E-state index in [0.717, 1.165) is 29.2 Å². The average Bonchev–Trinajstić information content (AvgIpc) is 2.98. The van der Waals surface area contributed by atoms with Crippen molar-refractivity contribution in [2.75, 3.05) is 7.05 Å². The van der Waals surface area contributed by atoms with Crippen molar-refractivity contribution in [3.63, 3.8) is 0 Å². The molecule has 0 spiro atoms. The predicted octanol–water partition coefficient (Wildman–Crippen LogP) is 3.61. The van der Waals surface area contributed by atoms with Crippen LogP contribution in [-0.2, 0) is 13.1 Å². The molecule has 0 saturated heterocycles. The van der Waals surface area contributed by atoms with Gasteiger partial charge in [-0.3, -0.25) is 4.99 Å². The van der Waals surface area contributed by atoms with Crippen LogP contribution in [-0.4, -0.2) is 13.0 Å². The summed E-state index contributed by atoms with van der Waals surface area (Å²) in [5.41, 5.74) is 3.40. The van der Waals surface area contributed by atoms with Crippen LogP contribution in [0.1, 0.15) is 16.9 Å². The highest BCUT2D eigenvalue weighted by molar-refractivity contribution is 5.80. The lowest BCUT2D eigenvalue weighted by atomic mass is 10.1. The fraction of sp³-hybridized carbons (Fsp3) is 0.211. The normalized spacial score (nSPS) is 11.7. The molecular formula is C19H21N3O. The van der Waals surface area contributed by atoms with Gasteiger partial charge in [-0.05, 0) is 24.6 Å². The lowest BCUT2D eigenvalue weighted by molar-refractivity contribution is 0.538. The predicted molar refractivity (Wildman–Crippen MR) is 94.4 cm³/mol. The van der Waals surface area contributed by atoms with E-state index >= 15 is 0 Å². The minimum absolute atomic E-state index is 0.599. The van der Waals surface area contributed by atoms with Crippen LogP contribution < -0.4 is 10.6 Å². The number of hydrogen-bond donors (Lipinski definition) is 2. The van der Waals surface area contributed by atoms with Crippen molar-refractivity contribution < 1.29 is 4.42 Å². The number of nitrogens with one attached hydrogen (secondary N) is 2. The first-order valence-corrected chi connectivity index (χ1v) is 7.72. The summed E-state index contributed by atoms with van der Waals surface area (Å²) in [6.07, 6.45) is 0. The first kappa shape index (κ1) is 15.2. The summed E-state index contributed by atoms with van der Waals surface area (Å²) in [6.45, 7) is 3.43. The fourth-order valence-electron chi connectivity index (χ4n) is 2.52. The number of fused-ring (bicyclic) bond motifs is 1. The monoisotopic (exact) mass is 307 g/mol. The number of aryl methyl sites for hydroxylation is 1. The number of hydrogen-bond acceptors (Lipinski definition) is 2. The summed E-state index contributed by atoms with van der Waals surface area (Å²) >= 11 is 0. The molecule has 0 saturated carbocycles. The first-order valence-electron chi connectivity index (χ1n) is 7.72. The Morgan fingerprint density at radius 1 is 1.00 bits per heavy atom. The molecule has 3 rings (SSSR count). The van der Waals surface area contributed by atoms with Crippen LogP contribution in [0.5, 0.6) is 0 Å². The van der Waals surface area contributed by atoms with Crippen LogP contribution >= 0.6 is 0 Å². The number of furan rings is 1. The molecule has 0 aliphatic rings. The summed E-state index contributed by atoms with van der Waals surface area (Å²) in [5, 5.41) is 7.71. The lowest BCUT2D eigenvalue weighted by Crippen LogP contribution is -2.36. The van der Waals surface area contributed by atoms with Gasteiger partial charge in [0.1, 0.15) is 11.3 Å². The van der Waals surface area contributed by atoms with E-state index in [1.165, 1.54) is 11.1 Å². The highest BCUT2D eigenvalue weighted by Gasteiger charge is 2.04. The number of para-hydroxylation sites is 1. The maximum Gasteiger partial charge on any atom is 0.191 e. The van der Waals surface area contributed by atoms with Crippen molar-refractivity contribution >= 4 is 16.9 Å². The van der Waals surface area contributed by atoms with Crippen molar-refractivity contribution in [2.45, 2.75) is 20.0 Å². The zero-order valence-corrected chi connectivity index (χ0v) is 13.5. The van der Waals surface area contributed by atoms with E-state index in [9.17, 15) is 0 Å². The third kappa shape index (κ3) is 3.92. The second-order valence-corrected chi connectivity index (χ2v) is 5.52. The van der Waals surface area contributed by atoms with E-state index in [1.54, 1.807) is 7.05 Å². The molecule has 0 radical (unpaired) electrons. The summed E-state index contributed by atoms with van der Waals surface area (Å²) in [6, 6.07) is 18.5. The fourth-order valence-corrected chi connectivity index (χ4v) is 2.52. The molecule has 3 aromatic rings. The Labute approximate surface area is 136 Å². The first-order chi connectivity index (χ1) is 11.2. The molecule has 2 N–H and O–H groups in total. The number of nitrogens with zero attached hydrogens (tertiary/aromatic N) is 1. The van der Waals surface area contributed by atoms with Crippen LogP contribution in [0.25, 0.3) is 11.0 Å². The third-order valence-electron chi connectivity index (χ3n) is 3.67. The Hall–Kier alpha value is -2.75. The molecule has 0 fully saturated rings. The van der Waals surface area contributed by atoms with E-state index < -0.39 is 0 Å². The van der Waals surface area contributed by atoms with E-state index in [0.29, 0.717) is 6.54 Å². The topological polar surface area (TPSA) is 49.6 Å². The van der Waals surface area contributed by atoms with Gasteiger partial charge in [-0.1, -0.05) is 48.0 Å². The Bertz CT molecular complexity index is 787. The zero-order valence-electron chi connectivity index (χ0n) is 13.5. The molecule has 1 aromatic heterocycles. The molecular weight excluding hydrogens is 286 g/mol. The van der Waals surface area contributed by atoms with Gasteiger partial charge in [-0.15, -0.1) is 0 Å². The molecule has 1 heterocycles. The Kier molecular flexibility index (Phi) is 4.62. The summed E-state index contributed by atoms with van der Waals surface area (Å²) in [7, 11) is 1.77. The van der Waals surface area contributed by atoms with Gasteiger partial charge in [0, 0.05) is 19.0 Å². The molecule has 0 atom stereocenters. The van der Waals surface area contributed by atoms with Crippen molar-refractivity contribution in [3.8, 4) is 0 Å². The lowest BCUT2D eigenvalue weighted by Gasteiger charge is -2.11. The molecule has 2 aromatic carbocycles. The van der Waals surface area contributed by atoms with Gasteiger partial charge in [-0.25, -0.2) is 0 Å². The summed E-state index contributed by atoms with van der Waals surface area (Å²) in [5.74, 6) is 1.65. The van der Waals surface area contributed by atoms with Crippen LogP contribution in [0.15, 0.2) is 64.0 Å². The molecule has 4 nitrogen and oxygen atoms in total. The Morgan fingerprint density at radius 2 is 1.83 bits per heavy atom. The van der Waals surface area contributed by atoms with Crippen LogP contribution in [0, 0.1) is 6.92 Å². The number of rotatable bonds is 4. The number of benzene rings is 2. The van der Waals surface area contributed by atoms with Gasteiger partial charge in [0.15, 0.2) is 5.96 Å². The zero-order chi connectivity index (χ0) is 16.1. The standard InChI is InChI=1S/C19H21N3O/c1-14-6-5-7-15(10-14)12-21-19(20-2)22-13-17-11-16-8-3-4-9-18(16)23-17/h3-11H,12-13H2,1-2H3,(H2,20,21,22). The van der Waals surface area contributed by atoms with Crippen LogP contribution in [0.3, 0.4) is 0 Å². The molecule has 4 heteroatoms. The van der Waals surface area contributed by atoms with Gasteiger partial charge >= 0.3 is 0 Å². The van der Waals surface area contributed by atoms with E-state index in [2.05, 4.69) is 52.9 Å². The molecule has 23 heavy (non-hydrogen) atoms.